The van der Waals surface area contributed by atoms with Gasteiger partial charge in [0.25, 0.3) is 0 Å². The molecule has 0 aliphatic carbocycles. The summed E-state index contributed by atoms with van der Waals surface area (Å²) in [5.74, 6) is 0.430. The molecule has 2 rings (SSSR count). The van der Waals surface area contributed by atoms with Crippen LogP contribution in [0, 0.1) is 0 Å². The quantitative estimate of drug-likeness (QED) is 0.850. The fourth-order valence-corrected chi connectivity index (χ4v) is 3.50. The van der Waals surface area contributed by atoms with Crippen LogP contribution in [0.5, 0.6) is 0 Å². The first-order valence-corrected chi connectivity index (χ1v) is 9.03. The maximum Gasteiger partial charge on any atom is 0.152 e. The van der Waals surface area contributed by atoms with E-state index < -0.39 is 9.84 Å². The Labute approximate surface area is 126 Å². The molecule has 112 valence electrons. The summed E-state index contributed by atoms with van der Waals surface area (Å²) >= 11 is 0. The highest BCUT2D eigenvalue weighted by molar-refractivity contribution is 7.91. The van der Waals surface area contributed by atoms with E-state index in [0.717, 1.165) is 16.8 Å². The van der Waals surface area contributed by atoms with E-state index in [1.54, 1.807) is 0 Å². The summed E-state index contributed by atoms with van der Waals surface area (Å²) in [7, 11) is -2.94. The molecule has 0 aliphatic heterocycles. The van der Waals surface area contributed by atoms with E-state index in [4.69, 9.17) is 0 Å². The molecule has 0 aromatic heterocycles. The predicted octanol–water partition coefficient (Wildman–Crippen LogP) is 3.59. The van der Waals surface area contributed by atoms with Gasteiger partial charge < -0.3 is 5.32 Å². The normalized spacial score (nSPS) is 11.3. The number of hydrogen-bond acceptors (Lipinski definition) is 3. The number of anilines is 1. The molecule has 0 bridgehead atoms. The first-order chi connectivity index (χ1) is 10.1. The summed E-state index contributed by atoms with van der Waals surface area (Å²) in [4.78, 5) is 0. The number of hydrogen-bond donors (Lipinski definition) is 1. The molecule has 0 heterocycles. The van der Waals surface area contributed by atoms with Gasteiger partial charge >= 0.3 is 0 Å². The Morgan fingerprint density at radius 3 is 2.29 bits per heavy atom. The zero-order chi connectivity index (χ0) is 15.1. The number of para-hydroxylation sites is 1. The Hall–Kier alpha value is -1.81. The molecular formula is C17H21NO2S. The van der Waals surface area contributed by atoms with Crippen molar-refractivity contribution in [3.05, 3.63) is 54.6 Å². The van der Waals surface area contributed by atoms with E-state index in [2.05, 4.69) is 5.32 Å². The molecule has 4 heteroatoms. The molecule has 0 radical (unpaired) electrons. The maximum absolute atomic E-state index is 11.7. The SMILES string of the molecule is CCCS(=O)(=O)CCNc1ccccc1-c1ccccc1. The number of sulfone groups is 1. The predicted molar refractivity (Wildman–Crippen MR) is 89.3 cm³/mol. The molecular weight excluding hydrogens is 282 g/mol. The van der Waals surface area contributed by atoms with Gasteiger partial charge in [0.05, 0.1) is 5.75 Å². The third-order valence-corrected chi connectivity index (χ3v) is 5.11. The van der Waals surface area contributed by atoms with Crippen LogP contribution in [0.2, 0.25) is 0 Å². The molecule has 21 heavy (non-hydrogen) atoms. The first kappa shape index (κ1) is 15.6. The van der Waals surface area contributed by atoms with Crippen LogP contribution in [0.15, 0.2) is 54.6 Å². The minimum Gasteiger partial charge on any atom is -0.384 e. The Morgan fingerprint density at radius 1 is 0.905 bits per heavy atom. The van der Waals surface area contributed by atoms with Gasteiger partial charge in [-0.05, 0) is 18.1 Å². The molecule has 0 atom stereocenters. The van der Waals surface area contributed by atoms with Crippen LogP contribution >= 0.6 is 0 Å². The highest BCUT2D eigenvalue weighted by Gasteiger charge is 2.09. The summed E-state index contributed by atoms with van der Waals surface area (Å²) < 4.78 is 23.5. The molecule has 2 aromatic carbocycles. The second kappa shape index (κ2) is 7.27. The fourth-order valence-electron chi connectivity index (χ4n) is 2.26. The van der Waals surface area contributed by atoms with Crippen LogP contribution in [0.4, 0.5) is 5.69 Å². The molecule has 0 amide bonds. The van der Waals surface area contributed by atoms with Gasteiger partial charge in [-0.2, -0.15) is 0 Å². The van der Waals surface area contributed by atoms with Gasteiger partial charge in [0.2, 0.25) is 0 Å². The molecule has 3 nitrogen and oxygen atoms in total. The smallest absolute Gasteiger partial charge is 0.152 e. The zero-order valence-corrected chi connectivity index (χ0v) is 13.1. The van der Waals surface area contributed by atoms with Crippen LogP contribution in [0.1, 0.15) is 13.3 Å². The van der Waals surface area contributed by atoms with Crippen molar-refractivity contribution in [2.75, 3.05) is 23.4 Å². The molecule has 0 spiro atoms. The van der Waals surface area contributed by atoms with Crippen LogP contribution in [-0.4, -0.2) is 26.5 Å². The third-order valence-electron chi connectivity index (χ3n) is 3.26. The van der Waals surface area contributed by atoms with Crippen molar-refractivity contribution >= 4 is 15.5 Å². The summed E-state index contributed by atoms with van der Waals surface area (Å²) in [6.45, 7) is 2.32. The third kappa shape index (κ3) is 4.60. The summed E-state index contributed by atoms with van der Waals surface area (Å²) in [5.41, 5.74) is 3.18. The van der Waals surface area contributed by atoms with E-state index in [-0.39, 0.29) is 11.5 Å². The average molecular weight is 303 g/mol. The van der Waals surface area contributed by atoms with Crippen molar-refractivity contribution in [3.63, 3.8) is 0 Å². The molecule has 0 saturated heterocycles. The summed E-state index contributed by atoms with van der Waals surface area (Å²) in [5, 5.41) is 3.25. The largest absolute Gasteiger partial charge is 0.384 e. The lowest BCUT2D eigenvalue weighted by atomic mass is 10.0. The Bertz CT molecular complexity index is 666. The molecule has 0 aliphatic rings. The zero-order valence-electron chi connectivity index (χ0n) is 12.2. The van der Waals surface area contributed by atoms with Crippen molar-refractivity contribution in [1.29, 1.82) is 0 Å². The van der Waals surface area contributed by atoms with Gasteiger partial charge in [0.15, 0.2) is 9.84 Å². The van der Waals surface area contributed by atoms with E-state index in [1.165, 1.54) is 0 Å². The van der Waals surface area contributed by atoms with Crippen LogP contribution in [0.25, 0.3) is 11.1 Å². The summed E-state index contributed by atoms with van der Waals surface area (Å²) in [6.07, 6.45) is 0.670. The van der Waals surface area contributed by atoms with Gasteiger partial charge in [-0.25, -0.2) is 8.42 Å². The first-order valence-electron chi connectivity index (χ1n) is 7.21. The number of nitrogens with one attached hydrogen (secondary N) is 1. The lowest BCUT2D eigenvalue weighted by Crippen LogP contribution is -2.18. The molecule has 2 aromatic rings. The fraction of sp³-hybridized carbons (Fsp3) is 0.294. The van der Waals surface area contributed by atoms with Gasteiger partial charge in [0.1, 0.15) is 0 Å². The van der Waals surface area contributed by atoms with E-state index in [1.807, 2.05) is 61.5 Å². The molecule has 0 fully saturated rings. The molecule has 0 unspecified atom stereocenters. The van der Waals surface area contributed by atoms with Gasteiger partial charge in [-0.3, -0.25) is 0 Å². The number of rotatable bonds is 7. The second-order valence-corrected chi connectivity index (χ2v) is 7.29. The highest BCUT2D eigenvalue weighted by Crippen LogP contribution is 2.27. The minimum atomic E-state index is -2.94. The molecule has 1 N–H and O–H groups in total. The van der Waals surface area contributed by atoms with Gasteiger partial charge in [-0.15, -0.1) is 0 Å². The van der Waals surface area contributed by atoms with Gasteiger partial charge in [0, 0.05) is 23.5 Å². The Kier molecular flexibility index (Phi) is 5.39. The van der Waals surface area contributed by atoms with Crippen molar-refractivity contribution in [2.45, 2.75) is 13.3 Å². The number of benzene rings is 2. The van der Waals surface area contributed by atoms with Crippen LogP contribution in [0.3, 0.4) is 0 Å². The second-order valence-electron chi connectivity index (χ2n) is 4.99. The summed E-state index contributed by atoms with van der Waals surface area (Å²) in [6, 6.07) is 18.0. The van der Waals surface area contributed by atoms with E-state index >= 15 is 0 Å². The lowest BCUT2D eigenvalue weighted by Gasteiger charge is -2.12. The van der Waals surface area contributed by atoms with E-state index in [0.29, 0.717) is 13.0 Å². The van der Waals surface area contributed by atoms with Crippen molar-refractivity contribution in [2.24, 2.45) is 0 Å². The average Bonchev–Trinajstić information content (AvgIpc) is 2.48. The van der Waals surface area contributed by atoms with Crippen molar-refractivity contribution < 1.29 is 8.42 Å². The Morgan fingerprint density at radius 2 is 1.57 bits per heavy atom. The minimum absolute atomic E-state index is 0.171. The highest BCUT2D eigenvalue weighted by atomic mass is 32.2. The topological polar surface area (TPSA) is 46.2 Å². The van der Waals surface area contributed by atoms with E-state index in [9.17, 15) is 8.42 Å². The molecule has 0 saturated carbocycles. The van der Waals surface area contributed by atoms with Crippen LogP contribution in [-0.2, 0) is 9.84 Å². The lowest BCUT2D eigenvalue weighted by molar-refractivity contribution is 0.595. The van der Waals surface area contributed by atoms with Crippen molar-refractivity contribution in [3.8, 4) is 11.1 Å². The maximum atomic E-state index is 11.7. The Balaban J connectivity index is 2.08. The van der Waals surface area contributed by atoms with Gasteiger partial charge in [-0.1, -0.05) is 55.5 Å². The van der Waals surface area contributed by atoms with Crippen LogP contribution < -0.4 is 5.32 Å². The standard InChI is InChI=1S/C17H21NO2S/c1-2-13-21(19,20)14-12-18-17-11-7-6-10-16(17)15-8-4-3-5-9-15/h3-11,18H,2,12-14H2,1H3. The van der Waals surface area contributed by atoms with Crippen molar-refractivity contribution in [1.82, 2.24) is 0 Å². The monoisotopic (exact) mass is 303 g/mol.